The summed E-state index contributed by atoms with van der Waals surface area (Å²) in [6.07, 6.45) is 1.44. The molecule has 3 rings (SSSR count). The Balaban J connectivity index is 1.77. The van der Waals surface area contributed by atoms with E-state index in [1.54, 1.807) is 10.9 Å². The molecule has 1 fully saturated rings. The van der Waals surface area contributed by atoms with E-state index >= 15 is 0 Å². The first kappa shape index (κ1) is 14.2. The molecule has 22 heavy (non-hydrogen) atoms. The molecule has 2 heterocycles. The van der Waals surface area contributed by atoms with Gasteiger partial charge in [0.2, 0.25) is 5.67 Å². The zero-order valence-electron chi connectivity index (χ0n) is 11.6. The lowest BCUT2D eigenvalue weighted by Gasteiger charge is -2.16. The number of carboxylic acid groups (broad SMARTS) is 1. The van der Waals surface area contributed by atoms with Gasteiger partial charge in [-0.1, -0.05) is 18.2 Å². The fourth-order valence-corrected chi connectivity index (χ4v) is 2.45. The fourth-order valence-electron chi connectivity index (χ4n) is 2.45. The number of amides is 1. The second-order valence-electron chi connectivity index (χ2n) is 5.23. The van der Waals surface area contributed by atoms with Crippen LogP contribution in [0.15, 0.2) is 42.6 Å². The van der Waals surface area contributed by atoms with Gasteiger partial charge in [0, 0.05) is 19.2 Å². The topological polar surface area (TPSA) is 75.4 Å². The van der Waals surface area contributed by atoms with Gasteiger partial charge in [-0.25, -0.2) is 13.9 Å². The van der Waals surface area contributed by atoms with Gasteiger partial charge >= 0.3 is 5.97 Å². The molecule has 1 aromatic carbocycles. The van der Waals surface area contributed by atoms with Gasteiger partial charge in [0.1, 0.15) is 0 Å². The zero-order chi connectivity index (χ0) is 15.7. The van der Waals surface area contributed by atoms with Crippen LogP contribution in [0.4, 0.5) is 4.39 Å². The molecular formula is C15H14FN3O3. The molecule has 1 aliphatic heterocycles. The first-order chi connectivity index (χ1) is 10.5. The monoisotopic (exact) mass is 303 g/mol. The Hall–Kier alpha value is -2.70. The summed E-state index contributed by atoms with van der Waals surface area (Å²) in [7, 11) is 0. The Morgan fingerprint density at radius 1 is 1.23 bits per heavy atom. The number of nitrogens with zero attached hydrogens (tertiary/aromatic N) is 3. The molecule has 114 valence electrons. The number of likely N-dealkylation sites (tertiary alicyclic amines) is 1. The van der Waals surface area contributed by atoms with Gasteiger partial charge in [-0.05, 0) is 18.2 Å². The number of hydrogen-bond donors (Lipinski definition) is 1. The molecule has 0 aliphatic carbocycles. The quantitative estimate of drug-likeness (QED) is 0.932. The maximum atomic E-state index is 14.0. The van der Waals surface area contributed by atoms with Gasteiger partial charge in [0.05, 0.1) is 12.2 Å². The molecule has 6 nitrogen and oxygen atoms in total. The van der Waals surface area contributed by atoms with Crippen molar-refractivity contribution in [3.8, 4) is 5.69 Å². The Morgan fingerprint density at radius 3 is 2.59 bits per heavy atom. The van der Waals surface area contributed by atoms with Crippen molar-refractivity contribution in [2.75, 3.05) is 13.1 Å². The van der Waals surface area contributed by atoms with Crippen molar-refractivity contribution in [3.63, 3.8) is 0 Å². The zero-order valence-corrected chi connectivity index (χ0v) is 11.6. The van der Waals surface area contributed by atoms with Crippen LogP contribution < -0.4 is 0 Å². The molecule has 0 saturated carbocycles. The molecule has 2 aromatic rings. The Labute approximate surface area is 125 Å². The van der Waals surface area contributed by atoms with Crippen molar-refractivity contribution in [1.29, 1.82) is 0 Å². The van der Waals surface area contributed by atoms with Crippen molar-refractivity contribution < 1.29 is 19.1 Å². The number of alkyl halides is 1. The summed E-state index contributed by atoms with van der Waals surface area (Å²) in [6.45, 7) is -0.376. The standard InChI is InChI=1S/C15H14FN3O3/c16-15(14(21)22)7-9-18(10-15)13(20)12-6-8-19(17-12)11-4-2-1-3-5-11/h1-6,8H,7,9-10H2,(H,21,22). The third-order valence-electron chi connectivity index (χ3n) is 3.72. The van der Waals surface area contributed by atoms with E-state index < -0.39 is 24.1 Å². The van der Waals surface area contributed by atoms with Crippen molar-refractivity contribution in [3.05, 3.63) is 48.3 Å². The second kappa shape index (κ2) is 5.25. The highest BCUT2D eigenvalue weighted by atomic mass is 19.1. The third-order valence-corrected chi connectivity index (χ3v) is 3.72. The minimum Gasteiger partial charge on any atom is -0.479 e. The maximum Gasteiger partial charge on any atom is 0.343 e. The van der Waals surface area contributed by atoms with E-state index in [0.29, 0.717) is 0 Å². The van der Waals surface area contributed by atoms with Gasteiger partial charge in [0.25, 0.3) is 5.91 Å². The lowest BCUT2D eigenvalue weighted by Crippen LogP contribution is -2.39. The number of carboxylic acids is 1. The number of para-hydroxylation sites is 1. The highest BCUT2D eigenvalue weighted by molar-refractivity contribution is 5.93. The molecule has 1 aromatic heterocycles. The molecule has 7 heteroatoms. The first-order valence-corrected chi connectivity index (χ1v) is 6.82. The SMILES string of the molecule is O=C(c1ccn(-c2ccccc2)n1)N1CCC(F)(C(=O)O)C1. The molecule has 1 unspecified atom stereocenters. The number of aromatic nitrogens is 2. The van der Waals surface area contributed by atoms with Crippen LogP contribution in [0.2, 0.25) is 0 Å². The molecule has 0 radical (unpaired) electrons. The van der Waals surface area contributed by atoms with Gasteiger partial charge in [-0.15, -0.1) is 0 Å². The predicted molar refractivity (Wildman–Crippen MR) is 75.6 cm³/mol. The van der Waals surface area contributed by atoms with Gasteiger partial charge in [-0.2, -0.15) is 5.10 Å². The molecule has 1 atom stereocenters. The summed E-state index contributed by atoms with van der Waals surface area (Å²) in [5, 5.41) is 13.0. The summed E-state index contributed by atoms with van der Waals surface area (Å²) in [6, 6.07) is 10.8. The predicted octanol–water partition coefficient (Wildman–Crippen LogP) is 1.51. The van der Waals surface area contributed by atoms with Gasteiger partial charge < -0.3 is 10.0 Å². The van der Waals surface area contributed by atoms with E-state index in [9.17, 15) is 14.0 Å². The van der Waals surface area contributed by atoms with E-state index in [2.05, 4.69) is 5.10 Å². The van der Waals surface area contributed by atoms with E-state index in [4.69, 9.17) is 5.11 Å². The summed E-state index contributed by atoms with van der Waals surface area (Å²) >= 11 is 0. The normalized spacial score (nSPS) is 21.0. The Morgan fingerprint density at radius 2 is 1.95 bits per heavy atom. The van der Waals surface area contributed by atoms with Gasteiger partial charge in [-0.3, -0.25) is 4.79 Å². The fraction of sp³-hybridized carbons (Fsp3) is 0.267. The minimum atomic E-state index is -2.36. The highest BCUT2D eigenvalue weighted by Gasteiger charge is 2.47. The van der Waals surface area contributed by atoms with Crippen LogP contribution in [-0.4, -0.2) is 50.4 Å². The smallest absolute Gasteiger partial charge is 0.343 e. The number of benzene rings is 1. The average molecular weight is 303 g/mol. The summed E-state index contributed by atoms with van der Waals surface area (Å²) in [4.78, 5) is 24.4. The van der Waals surface area contributed by atoms with Gasteiger partial charge in [0.15, 0.2) is 5.69 Å². The summed E-state index contributed by atoms with van der Waals surface area (Å²) < 4.78 is 15.6. The van der Waals surface area contributed by atoms with Crippen molar-refractivity contribution >= 4 is 11.9 Å². The number of aliphatic carboxylic acids is 1. The largest absolute Gasteiger partial charge is 0.479 e. The van der Waals surface area contributed by atoms with E-state index in [-0.39, 0.29) is 18.7 Å². The number of halogens is 1. The highest BCUT2D eigenvalue weighted by Crippen LogP contribution is 2.27. The number of hydrogen-bond acceptors (Lipinski definition) is 3. The van der Waals surface area contributed by atoms with Crippen molar-refractivity contribution in [2.24, 2.45) is 0 Å². The second-order valence-corrected chi connectivity index (χ2v) is 5.23. The number of rotatable bonds is 3. The van der Waals surface area contributed by atoms with Crippen LogP contribution in [0.5, 0.6) is 0 Å². The van der Waals surface area contributed by atoms with Crippen LogP contribution in [0.25, 0.3) is 5.69 Å². The van der Waals surface area contributed by atoms with Crippen LogP contribution in [0.3, 0.4) is 0 Å². The van der Waals surface area contributed by atoms with E-state index in [1.165, 1.54) is 11.0 Å². The van der Waals surface area contributed by atoms with E-state index in [0.717, 1.165) is 5.69 Å². The molecule has 0 bridgehead atoms. The lowest BCUT2D eigenvalue weighted by molar-refractivity contribution is -0.149. The average Bonchev–Trinajstić information content (AvgIpc) is 3.15. The maximum absolute atomic E-state index is 14.0. The molecule has 1 N–H and O–H groups in total. The Kier molecular flexibility index (Phi) is 3.40. The van der Waals surface area contributed by atoms with Crippen LogP contribution in [0.1, 0.15) is 16.9 Å². The first-order valence-electron chi connectivity index (χ1n) is 6.82. The molecule has 1 amide bonds. The summed E-state index contributed by atoms with van der Waals surface area (Å²) in [5.74, 6) is -1.99. The van der Waals surface area contributed by atoms with Crippen LogP contribution in [0, 0.1) is 0 Å². The van der Waals surface area contributed by atoms with E-state index in [1.807, 2.05) is 30.3 Å². The molecule has 1 saturated heterocycles. The number of carbonyl (C=O) groups excluding carboxylic acids is 1. The minimum absolute atomic E-state index is 0.0693. The molecule has 1 aliphatic rings. The Bertz CT molecular complexity index is 716. The lowest BCUT2D eigenvalue weighted by atomic mass is 10.1. The van der Waals surface area contributed by atoms with Crippen LogP contribution >= 0.6 is 0 Å². The number of carbonyl (C=O) groups is 2. The van der Waals surface area contributed by atoms with Crippen molar-refractivity contribution in [1.82, 2.24) is 14.7 Å². The molecule has 0 spiro atoms. The third kappa shape index (κ3) is 2.45. The van der Waals surface area contributed by atoms with Crippen LogP contribution in [-0.2, 0) is 4.79 Å². The van der Waals surface area contributed by atoms with Crippen molar-refractivity contribution in [2.45, 2.75) is 12.1 Å². The molecular weight excluding hydrogens is 289 g/mol. The summed E-state index contributed by atoms with van der Waals surface area (Å²) in [5.41, 5.74) is -1.40.